The third-order valence-corrected chi connectivity index (χ3v) is 3.73. The number of fused-ring (bicyclic) bond motifs is 1. The van der Waals surface area contributed by atoms with Crippen LogP contribution < -0.4 is 5.32 Å². The first-order valence-electron chi connectivity index (χ1n) is 7.87. The molecule has 2 aromatic rings. The van der Waals surface area contributed by atoms with Gasteiger partial charge in [-0.05, 0) is 41.8 Å². The van der Waals surface area contributed by atoms with Gasteiger partial charge in [0.15, 0.2) is 0 Å². The molecule has 0 bridgehead atoms. The highest BCUT2D eigenvalue weighted by Crippen LogP contribution is 2.19. The largest absolute Gasteiger partial charge is 0.347 e. The van der Waals surface area contributed by atoms with Gasteiger partial charge in [-0.25, -0.2) is 0 Å². The zero-order chi connectivity index (χ0) is 14.5. The highest BCUT2D eigenvalue weighted by Gasteiger charge is 2.04. The Morgan fingerprint density at radius 3 is 2.60 bits per heavy atom. The number of nitrogens with one attached hydrogen (secondary N) is 1. The van der Waals surface area contributed by atoms with E-state index in [4.69, 9.17) is 0 Å². The summed E-state index contributed by atoms with van der Waals surface area (Å²) in [5.41, 5.74) is 2.74. The lowest BCUT2D eigenvalue weighted by Crippen LogP contribution is -2.21. The standard InChI is InChI=1S/C18H28N2/c1-14(2)6-5-10-20-11-9-17-8-7-16(12-18(17)20)13-19-15(3)4/h7-9,11-12,14-15,19H,5-6,10,13H2,1-4H3. The van der Waals surface area contributed by atoms with Crippen LogP contribution in [0.3, 0.4) is 0 Å². The Kier molecular flexibility index (Phi) is 5.24. The number of aryl methyl sites for hydroxylation is 1. The molecule has 2 nitrogen and oxygen atoms in total. The summed E-state index contributed by atoms with van der Waals surface area (Å²) in [6, 6.07) is 9.57. The van der Waals surface area contributed by atoms with E-state index in [1.807, 2.05) is 0 Å². The van der Waals surface area contributed by atoms with Gasteiger partial charge in [0.05, 0.1) is 0 Å². The molecule has 1 heterocycles. The first kappa shape index (κ1) is 15.1. The van der Waals surface area contributed by atoms with Crippen LogP contribution in [0.1, 0.15) is 46.1 Å². The van der Waals surface area contributed by atoms with E-state index in [0.717, 1.165) is 19.0 Å². The maximum absolute atomic E-state index is 3.49. The number of hydrogen-bond acceptors (Lipinski definition) is 1. The monoisotopic (exact) mass is 272 g/mol. The second-order valence-electron chi connectivity index (χ2n) is 6.47. The SMILES string of the molecule is CC(C)CCCn1ccc2ccc(CNC(C)C)cc21. The maximum Gasteiger partial charge on any atom is 0.0483 e. The van der Waals surface area contributed by atoms with Crippen LogP contribution in [0.15, 0.2) is 30.5 Å². The lowest BCUT2D eigenvalue weighted by molar-refractivity contribution is 0.517. The quantitative estimate of drug-likeness (QED) is 0.781. The molecule has 20 heavy (non-hydrogen) atoms. The Bertz CT molecular complexity index is 537. The molecule has 2 rings (SSSR count). The summed E-state index contributed by atoms with van der Waals surface area (Å²) >= 11 is 0. The van der Waals surface area contributed by atoms with Crippen LogP contribution in [0.2, 0.25) is 0 Å². The number of benzene rings is 1. The zero-order valence-electron chi connectivity index (χ0n) is 13.3. The molecule has 0 saturated carbocycles. The fraction of sp³-hybridized carbons (Fsp3) is 0.556. The van der Waals surface area contributed by atoms with Gasteiger partial charge in [-0.2, -0.15) is 0 Å². The van der Waals surface area contributed by atoms with Crippen molar-refractivity contribution in [2.24, 2.45) is 5.92 Å². The summed E-state index contributed by atoms with van der Waals surface area (Å²) in [6.45, 7) is 11.0. The number of aromatic nitrogens is 1. The number of nitrogens with zero attached hydrogens (tertiary/aromatic N) is 1. The fourth-order valence-electron chi connectivity index (χ4n) is 2.53. The van der Waals surface area contributed by atoms with E-state index in [-0.39, 0.29) is 0 Å². The minimum Gasteiger partial charge on any atom is -0.347 e. The van der Waals surface area contributed by atoms with Gasteiger partial charge in [-0.15, -0.1) is 0 Å². The van der Waals surface area contributed by atoms with Crippen molar-refractivity contribution < 1.29 is 0 Å². The minimum absolute atomic E-state index is 0.531. The topological polar surface area (TPSA) is 17.0 Å². The highest BCUT2D eigenvalue weighted by atomic mass is 14.9. The van der Waals surface area contributed by atoms with E-state index in [0.29, 0.717) is 6.04 Å². The van der Waals surface area contributed by atoms with Crippen molar-refractivity contribution in [3.05, 3.63) is 36.0 Å². The molecular weight excluding hydrogens is 244 g/mol. The molecule has 110 valence electrons. The molecule has 0 aliphatic heterocycles. The molecular formula is C18H28N2. The molecule has 0 fully saturated rings. The van der Waals surface area contributed by atoms with E-state index in [1.165, 1.54) is 29.3 Å². The van der Waals surface area contributed by atoms with Crippen molar-refractivity contribution in [3.8, 4) is 0 Å². The molecule has 0 aliphatic carbocycles. The van der Waals surface area contributed by atoms with Crippen LogP contribution in [0.4, 0.5) is 0 Å². The molecule has 1 aromatic heterocycles. The molecule has 2 heteroatoms. The van der Waals surface area contributed by atoms with Gasteiger partial charge in [0.2, 0.25) is 0 Å². The molecule has 0 spiro atoms. The van der Waals surface area contributed by atoms with Crippen molar-refractivity contribution in [3.63, 3.8) is 0 Å². The Morgan fingerprint density at radius 1 is 1.10 bits per heavy atom. The Balaban J connectivity index is 2.09. The van der Waals surface area contributed by atoms with E-state index in [9.17, 15) is 0 Å². The first-order chi connectivity index (χ1) is 9.56. The van der Waals surface area contributed by atoms with E-state index >= 15 is 0 Å². The van der Waals surface area contributed by atoms with Crippen molar-refractivity contribution in [2.75, 3.05) is 0 Å². The molecule has 0 unspecified atom stereocenters. The number of rotatable bonds is 7. The summed E-state index contributed by atoms with van der Waals surface area (Å²) in [4.78, 5) is 0. The summed E-state index contributed by atoms with van der Waals surface area (Å²) in [5.74, 6) is 0.794. The van der Waals surface area contributed by atoms with E-state index in [2.05, 4.69) is 68.0 Å². The summed E-state index contributed by atoms with van der Waals surface area (Å²) < 4.78 is 2.40. The van der Waals surface area contributed by atoms with Crippen molar-refractivity contribution >= 4 is 10.9 Å². The average molecular weight is 272 g/mol. The molecule has 1 N–H and O–H groups in total. The molecule has 0 radical (unpaired) electrons. The summed E-state index contributed by atoms with van der Waals surface area (Å²) in [5, 5.41) is 4.84. The lowest BCUT2D eigenvalue weighted by Gasteiger charge is -2.10. The molecule has 0 saturated heterocycles. The predicted molar refractivity (Wildman–Crippen MR) is 88.0 cm³/mol. The summed E-state index contributed by atoms with van der Waals surface area (Å²) in [7, 11) is 0. The minimum atomic E-state index is 0.531. The fourth-order valence-corrected chi connectivity index (χ4v) is 2.53. The Hall–Kier alpha value is -1.28. The average Bonchev–Trinajstić information content (AvgIpc) is 2.79. The third-order valence-electron chi connectivity index (χ3n) is 3.73. The van der Waals surface area contributed by atoms with Crippen LogP contribution >= 0.6 is 0 Å². The van der Waals surface area contributed by atoms with Crippen LogP contribution in [0.5, 0.6) is 0 Å². The van der Waals surface area contributed by atoms with Crippen LogP contribution in [0.25, 0.3) is 10.9 Å². The van der Waals surface area contributed by atoms with E-state index < -0.39 is 0 Å². The molecule has 1 aromatic carbocycles. The van der Waals surface area contributed by atoms with E-state index in [1.54, 1.807) is 0 Å². The lowest BCUT2D eigenvalue weighted by atomic mass is 10.1. The molecule has 0 atom stereocenters. The normalized spacial score (nSPS) is 11.9. The third kappa shape index (κ3) is 4.11. The first-order valence-corrected chi connectivity index (χ1v) is 7.87. The molecule has 0 aliphatic rings. The van der Waals surface area contributed by atoms with Gasteiger partial charge in [-0.1, -0.05) is 39.8 Å². The Labute approximate surface area is 123 Å². The van der Waals surface area contributed by atoms with Crippen LogP contribution in [0, 0.1) is 5.92 Å². The summed E-state index contributed by atoms with van der Waals surface area (Å²) in [6.07, 6.45) is 4.79. The second-order valence-corrected chi connectivity index (χ2v) is 6.47. The zero-order valence-corrected chi connectivity index (χ0v) is 13.3. The van der Waals surface area contributed by atoms with Gasteiger partial charge in [-0.3, -0.25) is 0 Å². The van der Waals surface area contributed by atoms with Crippen molar-refractivity contribution in [1.29, 1.82) is 0 Å². The maximum atomic E-state index is 3.49. The Morgan fingerprint density at radius 2 is 1.90 bits per heavy atom. The van der Waals surface area contributed by atoms with Gasteiger partial charge < -0.3 is 9.88 Å². The van der Waals surface area contributed by atoms with Gasteiger partial charge in [0, 0.05) is 30.8 Å². The van der Waals surface area contributed by atoms with Gasteiger partial charge >= 0.3 is 0 Å². The van der Waals surface area contributed by atoms with Crippen molar-refractivity contribution in [1.82, 2.24) is 9.88 Å². The van der Waals surface area contributed by atoms with Gasteiger partial charge in [0.1, 0.15) is 0 Å². The second kappa shape index (κ2) is 6.94. The van der Waals surface area contributed by atoms with Crippen molar-refractivity contribution in [2.45, 2.75) is 59.7 Å². The highest BCUT2D eigenvalue weighted by molar-refractivity contribution is 5.80. The smallest absolute Gasteiger partial charge is 0.0483 e. The molecule has 0 amide bonds. The van der Waals surface area contributed by atoms with Gasteiger partial charge in [0.25, 0.3) is 0 Å². The van der Waals surface area contributed by atoms with Crippen LogP contribution in [-0.4, -0.2) is 10.6 Å². The van der Waals surface area contributed by atoms with Crippen LogP contribution in [-0.2, 0) is 13.1 Å². The predicted octanol–water partition coefficient (Wildman–Crippen LogP) is 4.58. The number of hydrogen-bond donors (Lipinski definition) is 1.